The summed E-state index contributed by atoms with van der Waals surface area (Å²) in [4.78, 5) is 21.4. The van der Waals surface area contributed by atoms with E-state index in [1.807, 2.05) is 25.1 Å². The van der Waals surface area contributed by atoms with Crippen molar-refractivity contribution in [2.24, 2.45) is 0 Å². The van der Waals surface area contributed by atoms with E-state index < -0.39 is 17.4 Å². The number of nitrogens with one attached hydrogen (secondary N) is 1. The summed E-state index contributed by atoms with van der Waals surface area (Å²) in [7, 11) is 0. The van der Waals surface area contributed by atoms with Crippen LogP contribution in [0.1, 0.15) is 16.8 Å². The minimum atomic E-state index is -4.64. The molecule has 1 N–H and O–H groups in total. The number of aryl methyl sites for hydroxylation is 1. The van der Waals surface area contributed by atoms with Crippen LogP contribution in [0, 0.1) is 13.8 Å². The lowest BCUT2D eigenvalue weighted by Gasteiger charge is -2.37. The van der Waals surface area contributed by atoms with Crippen molar-refractivity contribution in [3.63, 3.8) is 0 Å². The van der Waals surface area contributed by atoms with Gasteiger partial charge in [0.25, 0.3) is 5.56 Å². The molecule has 5 nitrogen and oxygen atoms in total. The molecule has 1 aromatic heterocycles. The lowest BCUT2D eigenvalue weighted by molar-refractivity contribution is -0.141. The Morgan fingerprint density at radius 2 is 1.72 bits per heavy atom. The second-order valence-electron chi connectivity index (χ2n) is 6.15. The molecule has 2 aromatic rings. The number of aromatic nitrogens is 2. The third-order valence-corrected chi connectivity index (χ3v) is 4.52. The van der Waals surface area contributed by atoms with Crippen molar-refractivity contribution in [1.82, 2.24) is 9.97 Å². The second-order valence-corrected chi connectivity index (χ2v) is 6.15. The first-order chi connectivity index (χ1) is 11.8. The van der Waals surface area contributed by atoms with Crippen LogP contribution >= 0.6 is 0 Å². The minimum Gasteiger partial charge on any atom is -0.368 e. The van der Waals surface area contributed by atoms with E-state index in [-0.39, 0.29) is 5.95 Å². The van der Waals surface area contributed by atoms with Crippen LogP contribution in [0.4, 0.5) is 24.8 Å². The Kier molecular flexibility index (Phi) is 4.45. The highest BCUT2D eigenvalue weighted by Gasteiger charge is 2.34. The van der Waals surface area contributed by atoms with Gasteiger partial charge in [-0.15, -0.1) is 0 Å². The molecule has 1 aliphatic heterocycles. The van der Waals surface area contributed by atoms with Crippen molar-refractivity contribution >= 4 is 11.6 Å². The summed E-state index contributed by atoms with van der Waals surface area (Å²) in [6.07, 6.45) is -4.64. The Bertz CT molecular complexity index is 823. The largest absolute Gasteiger partial charge is 0.433 e. The predicted octanol–water partition coefficient (Wildman–Crippen LogP) is 2.73. The standard InChI is InChI=1S/C17H19F3N4O/c1-11-4-3-5-13(12(11)2)23-6-8-24(9-7-23)16-21-14(17(18,19)20)10-15(25)22-16/h3-5,10H,6-9H2,1-2H3,(H,21,22,25). The van der Waals surface area contributed by atoms with Crippen LogP contribution in [0.3, 0.4) is 0 Å². The van der Waals surface area contributed by atoms with Gasteiger partial charge in [-0.1, -0.05) is 12.1 Å². The molecule has 0 atom stereocenters. The van der Waals surface area contributed by atoms with Crippen LogP contribution in [-0.2, 0) is 6.18 Å². The maximum absolute atomic E-state index is 12.8. The van der Waals surface area contributed by atoms with Crippen LogP contribution in [-0.4, -0.2) is 36.1 Å². The molecule has 0 radical (unpaired) electrons. The Hall–Kier alpha value is -2.51. The van der Waals surface area contributed by atoms with Crippen LogP contribution in [0.15, 0.2) is 29.1 Å². The van der Waals surface area contributed by atoms with E-state index in [1.54, 1.807) is 4.90 Å². The number of benzene rings is 1. The molecule has 3 rings (SSSR count). The first kappa shape index (κ1) is 17.3. The lowest BCUT2D eigenvalue weighted by atomic mass is 10.1. The highest BCUT2D eigenvalue weighted by Crippen LogP contribution is 2.28. The highest BCUT2D eigenvalue weighted by molar-refractivity contribution is 5.57. The molecule has 8 heteroatoms. The smallest absolute Gasteiger partial charge is 0.368 e. The second kappa shape index (κ2) is 6.42. The van der Waals surface area contributed by atoms with Gasteiger partial charge in [0, 0.05) is 37.9 Å². The summed E-state index contributed by atoms with van der Waals surface area (Å²) < 4.78 is 38.5. The number of rotatable bonds is 2. The number of hydrogen-bond acceptors (Lipinski definition) is 4. The molecule has 0 bridgehead atoms. The molecule has 0 spiro atoms. The van der Waals surface area contributed by atoms with Crippen molar-refractivity contribution in [3.8, 4) is 0 Å². The molecular weight excluding hydrogens is 333 g/mol. The number of H-pyrrole nitrogens is 1. The van der Waals surface area contributed by atoms with Gasteiger partial charge in [0.2, 0.25) is 5.95 Å². The summed E-state index contributed by atoms with van der Waals surface area (Å²) in [5, 5.41) is 0. The first-order valence-electron chi connectivity index (χ1n) is 8.00. The minimum absolute atomic E-state index is 0.0274. The van der Waals surface area contributed by atoms with Gasteiger partial charge in [-0.25, -0.2) is 4.98 Å². The summed E-state index contributed by atoms with van der Waals surface area (Å²) in [6, 6.07) is 6.57. The van der Waals surface area contributed by atoms with E-state index in [4.69, 9.17) is 0 Å². The predicted molar refractivity (Wildman–Crippen MR) is 90.2 cm³/mol. The van der Waals surface area contributed by atoms with Gasteiger partial charge in [0.05, 0.1) is 0 Å². The summed E-state index contributed by atoms with van der Waals surface area (Å²) >= 11 is 0. The van der Waals surface area contributed by atoms with E-state index in [2.05, 4.69) is 21.8 Å². The van der Waals surface area contributed by atoms with Crippen molar-refractivity contribution in [2.75, 3.05) is 36.0 Å². The average Bonchev–Trinajstić information content (AvgIpc) is 2.56. The van der Waals surface area contributed by atoms with E-state index in [0.717, 1.165) is 5.69 Å². The van der Waals surface area contributed by atoms with Gasteiger partial charge < -0.3 is 9.80 Å². The average molecular weight is 352 g/mol. The third kappa shape index (κ3) is 3.62. The summed E-state index contributed by atoms with van der Waals surface area (Å²) in [5.41, 5.74) is 1.56. The van der Waals surface area contributed by atoms with Crippen molar-refractivity contribution < 1.29 is 13.2 Å². The van der Waals surface area contributed by atoms with Gasteiger partial charge in [-0.3, -0.25) is 9.78 Å². The van der Waals surface area contributed by atoms with E-state index >= 15 is 0 Å². The Balaban J connectivity index is 1.78. The van der Waals surface area contributed by atoms with Crippen LogP contribution in [0.2, 0.25) is 0 Å². The fraction of sp³-hybridized carbons (Fsp3) is 0.412. The van der Waals surface area contributed by atoms with Crippen LogP contribution < -0.4 is 15.4 Å². The molecule has 1 fully saturated rings. The Morgan fingerprint density at radius 3 is 2.36 bits per heavy atom. The molecule has 25 heavy (non-hydrogen) atoms. The van der Waals surface area contributed by atoms with E-state index in [9.17, 15) is 18.0 Å². The molecule has 1 aliphatic rings. The zero-order valence-electron chi connectivity index (χ0n) is 14.0. The number of alkyl halides is 3. The zero-order chi connectivity index (χ0) is 18.2. The summed E-state index contributed by atoms with van der Waals surface area (Å²) in [5.74, 6) is -0.0274. The maximum atomic E-state index is 12.8. The van der Waals surface area contributed by atoms with Crippen LogP contribution in [0.25, 0.3) is 0 Å². The number of aromatic amines is 1. The highest BCUT2D eigenvalue weighted by atomic mass is 19.4. The number of halogens is 3. The van der Waals surface area contributed by atoms with Gasteiger partial charge >= 0.3 is 6.18 Å². The normalized spacial score (nSPS) is 15.6. The van der Waals surface area contributed by atoms with Crippen molar-refractivity contribution in [1.29, 1.82) is 0 Å². The fourth-order valence-electron chi connectivity index (χ4n) is 2.98. The molecule has 0 unspecified atom stereocenters. The Morgan fingerprint density at radius 1 is 1.08 bits per heavy atom. The monoisotopic (exact) mass is 352 g/mol. The maximum Gasteiger partial charge on any atom is 0.433 e. The van der Waals surface area contributed by atoms with Crippen molar-refractivity contribution in [2.45, 2.75) is 20.0 Å². The molecule has 1 saturated heterocycles. The first-order valence-corrected chi connectivity index (χ1v) is 8.00. The molecular formula is C17H19F3N4O. The Labute approximate surface area is 143 Å². The fourth-order valence-corrected chi connectivity index (χ4v) is 2.98. The topological polar surface area (TPSA) is 52.2 Å². The number of anilines is 2. The van der Waals surface area contributed by atoms with E-state index in [1.165, 1.54) is 11.1 Å². The van der Waals surface area contributed by atoms with Gasteiger partial charge in [-0.05, 0) is 31.0 Å². The van der Waals surface area contributed by atoms with Gasteiger partial charge in [0.15, 0.2) is 5.69 Å². The zero-order valence-corrected chi connectivity index (χ0v) is 14.0. The molecule has 0 saturated carbocycles. The SMILES string of the molecule is Cc1cccc(N2CCN(c3nc(C(F)(F)F)cc(=O)[nH]3)CC2)c1C. The molecule has 0 amide bonds. The van der Waals surface area contributed by atoms with Gasteiger partial charge in [-0.2, -0.15) is 13.2 Å². The third-order valence-electron chi connectivity index (χ3n) is 4.52. The van der Waals surface area contributed by atoms with Crippen molar-refractivity contribution in [3.05, 3.63) is 51.4 Å². The molecule has 2 heterocycles. The number of piperazine rings is 1. The lowest BCUT2D eigenvalue weighted by Crippen LogP contribution is -2.47. The van der Waals surface area contributed by atoms with E-state index in [0.29, 0.717) is 32.2 Å². The summed E-state index contributed by atoms with van der Waals surface area (Å²) in [6.45, 7) is 6.36. The number of hydrogen-bond donors (Lipinski definition) is 1. The molecule has 134 valence electrons. The quantitative estimate of drug-likeness (QED) is 0.903. The van der Waals surface area contributed by atoms with Gasteiger partial charge in [0.1, 0.15) is 0 Å². The number of nitrogens with zero attached hydrogens (tertiary/aromatic N) is 3. The molecule has 1 aromatic carbocycles. The molecule has 0 aliphatic carbocycles. The van der Waals surface area contributed by atoms with Crippen LogP contribution in [0.5, 0.6) is 0 Å².